The molecule has 0 aliphatic rings. The monoisotopic (exact) mass is 394 g/mol. The third kappa shape index (κ3) is 4.74. The van der Waals surface area contributed by atoms with Crippen LogP contribution in [0, 0.1) is 0 Å². The zero-order chi connectivity index (χ0) is 20.1. The first-order chi connectivity index (χ1) is 13.4. The van der Waals surface area contributed by atoms with Gasteiger partial charge in [0.15, 0.2) is 0 Å². The third-order valence-electron chi connectivity index (χ3n) is 3.99. The lowest BCUT2D eigenvalue weighted by Crippen LogP contribution is -2.12. The minimum absolute atomic E-state index is 0.287. The number of hydrogen-bond acceptors (Lipinski definition) is 4. The molecule has 0 saturated heterocycles. The van der Waals surface area contributed by atoms with E-state index >= 15 is 0 Å². The second-order valence-corrected chi connectivity index (χ2v) is 5.87. The molecule has 3 rings (SSSR count). The molecule has 0 atom stereocenters. The molecule has 0 bridgehead atoms. The fourth-order valence-electron chi connectivity index (χ4n) is 2.65. The number of carbonyl (C=O) groups excluding carboxylic acids is 1. The smallest absolute Gasteiger partial charge is 0.443 e. The zero-order valence-corrected chi connectivity index (χ0v) is 14.8. The topological polar surface area (TPSA) is 72.6 Å². The van der Waals surface area contributed by atoms with Crippen molar-refractivity contribution in [3.63, 3.8) is 0 Å². The number of rotatable bonds is 6. The fraction of sp³-hybridized carbons (Fsp3) is 0.211. The lowest BCUT2D eigenvalue weighted by Gasteiger charge is -2.09. The summed E-state index contributed by atoms with van der Waals surface area (Å²) in [4.78, 5) is 23.2. The Balaban J connectivity index is 1.62. The Labute approximate surface area is 158 Å². The number of hydrogen-bond donors (Lipinski definition) is 2. The van der Waals surface area contributed by atoms with Gasteiger partial charge in [0.25, 0.3) is 0 Å². The average Bonchev–Trinajstić information content (AvgIpc) is 3.04. The van der Waals surface area contributed by atoms with Crippen LogP contribution in [0.25, 0.3) is 10.9 Å². The molecule has 0 radical (unpaired) electrons. The fourth-order valence-corrected chi connectivity index (χ4v) is 2.65. The first-order valence-electron chi connectivity index (χ1n) is 8.28. The van der Waals surface area contributed by atoms with Crippen molar-refractivity contribution in [2.24, 2.45) is 0 Å². The predicted octanol–water partition coefficient (Wildman–Crippen LogP) is 4.92. The molecule has 2 N–H and O–H groups in total. The molecule has 0 spiro atoms. The molecule has 9 heteroatoms. The number of amides is 1. The second-order valence-electron chi connectivity index (χ2n) is 5.87. The van der Waals surface area contributed by atoms with Crippen LogP contribution in [-0.2, 0) is 22.4 Å². The minimum atomic E-state index is -4.34. The van der Waals surface area contributed by atoms with Gasteiger partial charge in [-0.05, 0) is 35.9 Å². The van der Waals surface area contributed by atoms with E-state index in [-0.39, 0.29) is 6.61 Å². The highest BCUT2D eigenvalue weighted by molar-refractivity contribution is 5.99. The molecule has 1 aromatic heterocycles. The van der Waals surface area contributed by atoms with E-state index < -0.39 is 17.8 Å². The van der Waals surface area contributed by atoms with Crippen LogP contribution in [0.15, 0.2) is 48.7 Å². The Morgan fingerprint density at radius 1 is 1.14 bits per heavy atom. The van der Waals surface area contributed by atoms with Crippen LogP contribution in [0.2, 0.25) is 0 Å². The number of anilines is 1. The summed E-state index contributed by atoms with van der Waals surface area (Å²) in [6.45, 7) is 0.287. The first-order valence-corrected chi connectivity index (χ1v) is 8.28. The molecular weight excluding hydrogens is 377 g/mol. The summed E-state index contributed by atoms with van der Waals surface area (Å²) in [6, 6.07) is 10.3. The van der Waals surface area contributed by atoms with E-state index in [2.05, 4.69) is 20.1 Å². The largest absolute Gasteiger partial charge is 0.493 e. The van der Waals surface area contributed by atoms with Gasteiger partial charge in [-0.2, -0.15) is 18.1 Å². The zero-order valence-electron chi connectivity index (χ0n) is 14.8. The van der Waals surface area contributed by atoms with Crippen molar-refractivity contribution in [3.05, 3.63) is 59.8 Å². The molecule has 6 nitrogen and oxygen atoms in total. The van der Waals surface area contributed by atoms with Crippen molar-refractivity contribution in [1.82, 2.24) is 4.98 Å². The highest BCUT2D eigenvalue weighted by Crippen LogP contribution is 2.29. The van der Waals surface area contributed by atoms with Crippen LogP contribution in [0.1, 0.15) is 11.1 Å². The van der Waals surface area contributed by atoms with E-state index in [4.69, 9.17) is 4.74 Å². The van der Waals surface area contributed by atoms with Crippen LogP contribution in [-0.4, -0.2) is 24.8 Å². The van der Waals surface area contributed by atoms with E-state index in [0.717, 1.165) is 23.2 Å². The number of nitrogens with one attached hydrogen (secondary N) is 2. The molecule has 0 fully saturated rings. The number of alkyl halides is 3. The molecule has 148 valence electrons. The lowest BCUT2D eigenvalue weighted by molar-refractivity contribution is -0.208. The maximum Gasteiger partial charge on any atom is 0.443 e. The lowest BCUT2D eigenvalue weighted by atomic mass is 10.1. The molecular formula is C19H17F3N2O4. The summed E-state index contributed by atoms with van der Waals surface area (Å²) >= 11 is 0. The van der Waals surface area contributed by atoms with Crippen LogP contribution >= 0.6 is 0 Å². The van der Waals surface area contributed by atoms with Gasteiger partial charge in [-0.3, -0.25) is 10.2 Å². The van der Waals surface area contributed by atoms with Gasteiger partial charge in [0.1, 0.15) is 5.75 Å². The van der Waals surface area contributed by atoms with Gasteiger partial charge in [-0.15, -0.1) is 0 Å². The summed E-state index contributed by atoms with van der Waals surface area (Å²) in [5.74, 6) is 0.558. The Morgan fingerprint density at radius 3 is 2.57 bits per heavy atom. The van der Waals surface area contributed by atoms with Crippen molar-refractivity contribution in [2.45, 2.75) is 12.6 Å². The molecule has 2 aromatic carbocycles. The van der Waals surface area contributed by atoms with Gasteiger partial charge >= 0.3 is 12.3 Å². The molecule has 0 aliphatic heterocycles. The van der Waals surface area contributed by atoms with Gasteiger partial charge in [-0.25, -0.2) is 4.79 Å². The van der Waals surface area contributed by atoms with E-state index in [1.54, 1.807) is 24.4 Å². The predicted molar refractivity (Wildman–Crippen MR) is 96.1 cm³/mol. The summed E-state index contributed by atoms with van der Waals surface area (Å²) < 4.78 is 43.4. The normalized spacial score (nSPS) is 11.4. The standard InChI is InChI=1S/C19H17F3N2O4/c1-26-28-18(25)24-17-11-23-16-7-6-14(10-15(16)17)27-9-8-12-2-4-13(5-3-12)19(20,21)22/h2-7,10-11,23H,8-9H2,1H3,(H,24,25). The molecule has 0 aliphatic carbocycles. The van der Waals surface area contributed by atoms with Gasteiger partial charge in [-0.1, -0.05) is 12.1 Å². The van der Waals surface area contributed by atoms with Crippen LogP contribution < -0.4 is 10.1 Å². The highest BCUT2D eigenvalue weighted by atomic mass is 19.4. The Morgan fingerprint density at radius 2 is 1.89 bits per heavy atom. The highest BCUT2D eigenvalue weighted by Gasteiger charge is 2.29. The number of benzene rings is 2. The average molecular weight is 394 g/mol. The Bertz CT molecular complexity index is 952. The number of aromatic amines is 1. The van der Waals surface area contributed by atoms with Gasteiger partial charge in [0.2, 0.25) is 0 Å². The SMILES string of the molecule is COOC(=O)Nc1c[nH]c2ccc(OCCc3ccc(C(F)(F)F)cc3)cc12. The number of halogens is 3. The summed E-state index contributed by atoms with van der Waals surface area (Å²) in [5.41, 5.74) is 1.33. The second kappa shape index (κ2) is 8.22. The third-order valence-corrected chi connectivity index (χ3v) is 3.99. The van der Waals surface area contributed by atoms with Gasteiger partial charge in [0.05, 0.1) is 25.0 Å². The van der Waals surface area contributed by atoms with Crippen molar-refractivity contribution in [1.29, 1.82) is 0 Å². The maximum atomic E-state index is 12.6. The molecule has 1 heterocycles. The molecule has 0 unspecified atom stereocenters. The van der Waals surface area contributed by atoms with Gasteiger partial charge < -0.3 is 9.72 Å². The summed E-state index contributed by atoms with van der Waals surface area (Å²) in [5, 5.41) is 3.24. The van der Waals surface area contributed by atoms with Crippen LogP contribution in [0.5, 0.6) is 5.75 Å². The van der Waals surface area contributed by atoms with Crippen LogP contribution in [0.3, 0.4) is 0 Å². The first kappa shape index (κ1) is 19.6. The van der Waals surface area contributed by atoms with E-state index in [1.807, 2.05) is 0 Å². The maximum absolute atomic E-state index is 12.6. The van der Waals surface area contributed by atoms with E-state index in [9.17, 15) is 18.0 Å². The van der Waals surface area contributed by atoms with Crippen molar-refractivity contribution < 1.29 is 32.5 Å². The number of H-pyrrole nitrogens is 1. The van der Waals surface area contributed by atoms with E-state index in [0.29, 0.717) is 23.2 Å². The van der Waals surface area contributed by atoms with Crippen molar-refractivity contribution in [3.8, 4) is 5.75 Å². The van der Waals surface area contributed by atoms with Crippen molar-refractivity contribution >= 4 is 22.7 Å². The minimum Gasteiger partial charge on any atom is -0.493 e. The summed E-state index contributed by atoms with van der Waals surface area (Å²) in [6.07, 6.45) is -3.05. The molecule has 0 saturated carbocycles. The quantitative estimate of drug-likeness (QED) is 0.460. The molecule has 1 amide bonds. The molecule has 3 aromatic rings. The van der Waals surface area contributed by atoms with Gasteiger partial charge in [0, 0.05) is 23.5 Å². The number of fused-ring (bicyclic) bond motifs is 1. The molecule has 28 heavy (non-hydrogen) atoms. The van der Waals surface area contributed by atoms with Crippen molar-refractivity contribution in [2.75, 3.05) is 19.0 Å². The number of ether oxygens (including phenoxy) is 1. The number of aromatic nitrogens is 1. The Kier molecular flexibility index (Phi) is 5.74. The van der Waals surface area contributed by atoms with E-state index in [1.165, 1.54) is 19.2 Å². The van der Waals surface area contributed by atoms with Crippen LogP contribution in [0.4, 0.5) is 23.7 Å². The Hall–Kier alpha value is -3.20. The summed E-state index contributed by atoms with van der Waals surface area (Å²) in [7, 11) is 1.22. The number of carbonyl (C=O) groups is 1.